The van der Waals surface area contributed by atoms with Gasteiger partial charge in [-0.3, -0.25) is 0 Å². The predicted octanol–water partition coefficient (Wildman–Crippen LogP) is 1.79. The summed E-state index contributed by atoms with van der Waals surface area (Å²) in [7, 11) is 0. The maximum Gasteiger partial charge on any atom is 0.0765 e. The predicted molar refractivity (Wildman–Crippen MR) is 73.9 cm³/mol. The van der Waals surface area contributed by atoms with Gasteiger partial charge in [0, 0.05) is 31.9 Å². The maximum absolute atomic E-state index is 9.93. The minimum atomic E-state index is -0.655. The van der Waals surface area contributed by atoms with Gasteiger partial charge in [-0.05, 0) is 25.5 Å². The van der Waals surface area contributed by atoms with Gasteiger partial charge in [-0.2, -0.15) is 0 Å². The topological polar surface area (TPSA) is 35.5 Å². The summed E-state index contributed by atoms with van der Waals surface area (Å²) in [5, 5.41) is 13.3. The van der Waals surface area contributed by atoms with Crippen LogP contribution in [0.2, 0.25) is 0 Å². The average molecular weight is 257 g/mol. The zero-order valence-corrected chi connectivity index (χ0v) is 11.3. The lowest BCUT2D eigenvalue weighted by atomic mass is 10.1. The number of hydrogen-bond acceptors (Lipinski definition) is 3. The molecule has 0 amide bonds. The van der Waals surface area contributed by atoms with Gasteiger partial charge in [-0.25, -0.2) is 0 Å². The van der Waals surface area contributed by atoms with E-state index in [2.05, 4.69) is 34.5 Å². The van der Waals surface area contributed by atoms with Crippen LogP contribution in [0.1, 0.15) is 19.4 Å². The van der Waals surface area contributed by atoms with Gasteiger partial charge in [0.15, 0.2) is 0 Å². The Morgan fingerprint density at radius 2 is 2.06 bits per heavy atom. The number of para-hydroxylation sites is 1. The molecule has 0 saturated carbocycles. The summed E-state index contributed by atoms with van der Waals surface area (Å²) in [6.07, 6.45) is 0. The lowest BCUT2D eigenvalue weighted by molar-refractivity contribution is 0.0875. The molecule has 1 heterocycles. The first kappa shape index (κ1) is 14.3. The summed E-state index contributed by atoms with van der Waals surface area (Å²) < 4.78 is 0. The van der Waals surface area contributed by atoms with Crippen molar-refractivity contribution in [1.29, 1.82) is 0 Å². The Morgan fingerprint density at radius 3 is 2.76 bits per heavy atom. The molecule has 2 N–H and O–H groups in total. The summed E-state index contributed by atoms with van der Waals surface area (Å²) in [4.78, 5) is 2.26. The van der Waals surface area contributed by atoms with Crippen molar-refractivity contribution >= 4 is 18.1 Å². The minimum absolute atomic E-state index is 0. The molecule has 0 spiro atoms. The Morgan fingerprint density at radius 1 is 1.35 bits per heavy atom. The first-order valence-electron chi connectivity index (χ1n) is 5.82. The van der Waals surface area contributed by atoms with E-state index in [0.29, 0.717) is 6.54 Å². The number of fused-ring (bicyclic) bond motifs is 1. The van der Waals surface area contributed by atoms with Crippen LogP contribution in [0.25, 0.3) is 0 Å². The van der Waals surface area contributed by atoms with E-state index in [1.165, 1.54) is 11.3 Å². The van der Waals surface area contributed by atoms with E-state index in [1.54, 1.807) is 0 Å². The molecule has 17 heavy (non-hydrogen) atoms. The number of aliphatic hydroxyl groups is 1. The smallest absolute Gasteiger partial charge is 0.0765 e. The average Bonchev–Trinajstić information content (AvgIpc) is 2.39. The molecular formula is C13H21ClN2O. The Hall–Kier alpha value is -0.770. The molecular weight excluding hydrogens is 236 g/mol. The summed E-state index contributed by atoms with van der Waals surface area (Å²) in [5.41, 5.74) is 1.90. The molecule has 0 unspecified atom stereocenters. The highest BCUT2D eigenvalue weighted by Gasteiger charge is 2.21. The number of rotatable bonds is 2. The van der Waals surface area contributed by atoms with Gasteiger partial charge in [0.2, 0.25) is 0 Å². The standard InChI is InChI=1S/C13H20N2O.ClH/c1-13(2,16)10-15-8-7-14-9-11-5-3-4-6-12(11)15;/h3-6,14,16H,7-10H2,1-2H3;1H. The van der Waals surface area contributed by atoms with Crippen LogP contribution in [-0.4, -0.2) is 30.3 Å². The van der Waals surface area contributed by atoms with Crippen LogP contribution in [0.3, 0.4) is 0 Å². The van der Waals surface area contributed by atoms with Crippen molar-refractivity contribution in [1.82, 2.24) is 5.32 Å². The fraction of sp³-hybridized carbons (Fsp3) is 0.538. The van der Waals surface area contributed by atoms with Crippen LogP contribution >= 0.6 is 12.4 Å². The monoisotopic (exact) mass is 256 g/mol. The van der Waals surface area contributed by atoms with Crippen LogP contribution in [0, 0.1) is 0 Å². The highest BCUT2D eigenvalue weighted by Crippen LogP contribution is 2.23. The number of nitrogens with zero attached hydrogens (tertiary/aromatic N) is 1. The number of halogens is 1. The number of anilines is 1. The summed E-state index contributed by atoms with van der Waals surface area (Å²) in [6.45, 7) is 7.21. The highest BCUT2D eigenvalue weighted by atomic mass is 35.5. The summed E-state index contributed by atoms with van der Waals surface area (Å²) in [5.74, 6) is 0. The third-order valence-corrected chi connectivity index (χ3v) is 2.78. The van der Waals surface area contributed by atoms with Crippen molar-refractivity contribution in [3.05, 3.63) is 29.8 Å². The third-order valence-electron chi connectivity index (χ3n) is 2.78. The second-order valence-corrected chi connectivity index (χ2v) is 5.04. The molecule has 1 aromatic rings. The van der Waals surface area contributed by atoms with E-state index in [9.17, 15) is 5.11 Å². The molecule has 0 fully saturated rings. The van der Waals surface area contributed by atoms with Gasteiger partial charge >= 0.3 is 0 Å². The van der Waals surface area contributed by atoms with E-state index in [-0.39, 0.29) is 12.4 Å². The van der Waals surface area contributed by atoms with E-state index in [1.807, 2.05) is 13.8 Å². The third kappa shape index (κ3) is 3.87. The molecule has 0 radical (unpaired) electrons. The quantitative estimate of drug-likeness (QED) is 0.847. The second kappa shape index (κ2) is 5.71. The summed E-state index contributed by atoms with van der Waals surface area (Å²) >= 11 is 0. The van der Waals surface area contributed by atoms with Gasteiger partial charge in [-0.15, -0.1) is 12.4 Å². The largest absolute Gasteiger partial charge is 0.389 e. The van der Waals surface area contributed by atoms with E-state index >= 15 is 0 Å². The normalized spacial score (nSPS) is 15.8. The van der Waals surface area contributed by atoms with Crippen LogP contribution in [0.4, 0.5) is 5.69 Å². The van der Waals surface area contributed by atoms with Crippen molar-refractivity contribution in [3.8, 4) is 0 Å². The molecule has 0 bridgehead atoms. The zero-order valence-electron chi connectivity index (χ0n) is 10.4. The fourth-order valence-electron chi connectivity index (χ4n) is 2.16. The molecule has 0 aromatic heterocycles. The van der Waals surface area contributed by atoms with E-state index in [0.717, 1.165) is 19.6 Å². The van der Waals surface area contributed by atoms with Crippen molar-refractivity contribution in [2.24, 2.45) is 0 Å². The van der Waals surface area contributed by atoms with Crippen LogP contribution in [0.15, 0.2) is 24.3 Å². The van der Waals surface area contributed by atoms with Gasteiger partial charge in [0.05, 0.1) is 5.60 Å². The fourth-order valence-corrected chi connectivity index (χ4v) is 2.16. The molecule has 0 atom stereocenters. The molecule has 96 valence electrons. The molecule has 1 aliphatic rings. The second-order valence-electron chi connectivity index (χ2n) is 5.04. The molecule has 4 heteroatoms. The molecule has 0 saturated heterocycles. The Balaban J connectivity index is 0.00000144. The lowest BCUT2D eigenvalue weighted by Crippen LogP contribution is -2.40. The van der Waals surface area contributed by atoms with Gasteiger partial charge in [-0.1, -0.05) is 18.2 Å². The Bertz CT molecular complexity index is 363. The number of β-amino-alcohol motifs (C(OH)–C–C–N with tert-alkyl or cyclic N) is 1. The van der Waals surface area contributed by atoms with E-state index < -0.39 is 5.60 Å². The first-order chi connectivity index (χ1) is 7.56. The maximum atomic E-state index is 9.93. The molecule has 2 rings (SSSR count). The lowest BCUT2D eigenvalue weighted by Gasteiger charge is -2.30. The molecule has 0 aliphatic carbocycles. The highest BCUT2D eigenvalue weighted by molar-refractivity contribution is 5.85. The SMILES string of the molecule is CC(C)(O)CN1CCNCc2ccccc21.Cl. The van der Waals surface area contributed by atoms with Crippen molar-refractivity contribution in [2.75, 3.05) is 24.5 Å². The Kier molecular flexibility index (Phi) is 4.80. The van der Waals surface area contributed by atoms with Crippen LogP contribution < -0.4 is 10.2 Å². The summed E-state index contributed by atoms with van der Waals surface area (Å²) in [6, 6.07) is 8.40. The number of nitrogens with one attached hydrogen (secondary N) is 1. The molecule has 1 aliphatic heterocycles. The molecule has 1 aromatic carbocycles. The minimum Gasteiger partial charge on any atom is -0.389 e. The van der Waals surface area contributed by atoms with E-state index in [4.69, 9.17) is 0 Å². The van der Waals surface area contributed by atoms with Gasteiger partial charge in [0.1, 0.15) is 0 Å². The number of hydrogen-bond donors (Lipinski definition) is 2. The van der Waals surface area contributed by atoms with Crippen molar-refractivity contribution in [3.63, 3.8) is 0 Å². The number of benzene rings is 1. The zero-order chi connectivity index (χ0) is 11.6. The van der Waals surface area contributed by atoms with Gasteiger partial charge in [0.25, 0.3) is 0 Å². The van der Waals surface area contributed by atoms with Crippen LogP contribution in [0.5, 0.6) is 0 Å². The van der Waals surface area contributed by atoms with Crippen molar-refractivity contribution < 1.29 is 5.11 Å². The first-order valence-corrected chi connectivity index (χ1v) is 5.82. The van der Waals surface area contributed by atoms with Gasteiger partial charge < -0.3 is 15.3 Å². The molecule has 3 nitrogen and oxygen atoms in total. The Labute approximate surface area is 109 Å². The van der Waals surface area contributed by atoms with Crippen molar-refractivity contribution in [2.45, 2.75) is 26.0 Å². The van der Waals surface area contributed by atoms with Crippen LogP contribution in [-0.2, 0) is 6.54 Å².